The molecule has 0 fully saturated rings. The van der Waals surface area contributed by atoms with Gasteiger partial charge in [0, 0.05) is 11.9 Å². The number of methoxy groups -OCH3 is 1. The van der Waals surface area contributed by atoms with Crippen molar-refractivity contribution in [2.75, 3.05) is 20.3 Å². The van der Waals surface area contributed by atoms with Gasteiger partial charge in [0.1, 0.15) is 12.4 Å². The lowest BCUT2D eigenvalue weighted by Crippen LogP contribution is -2.06. The maximum atomic E-state index is 5.78. The van der Waals surface area contributed by atoms with Gasteiger partial charge in [0.15, 0.2) is 0 Å². The van der Waals surface area contributed by atoms with Crippen LogP contribution in [0.2, 0.25) is 0 Å². The summed E-state index contributed by atoms with van der Waals surface area (Å²) in [5.41, 5.74) is 2.56. The number of rotatable bonds is 8. The predicted molar refractivity (Wildman–Crippen MR) is 90.2 cm³/mol. The van der Waals surface area contributed by atoms with Crippen LogP contribution >= 0.6 is 15.9 Å². The molecule has 0 aliphatic heterocycles. The number of para-hydroxylation sites is 1. The number of halogens is 1. The molecule has 21 heavy (non-hydrogen) atoms. The van der Waals surface area contributed by atoms with Gasteiger partial charge in [-0.25, -0.2) is 0 Å². The van der Waals surface area contributed by atoms with E-state index in [2.05, 4.69) is 52.3 Å². The molecule has 0 radical (unpaired) electrons. The van der Waals surface area contributed by atoms with Crippen molar-refractivity contribution < 1.29 is 9.47 Å². The minimum absolute atomic E-state index is 0.366. The zero-order valence-corrected chi connectivity index (χ0v) is 13.9. The van der Waals surface area contributed by atoms with E-state index in [1.165, 1.54) is 11.1 Å². The Morgan fingerprint density at radius 3 is 2.43 bits per heavy atom. The van der Waals surface area contributed by atoms with Gasteiger partial charge in [0.05, 0.1) is 6.61 Å². The lowest BCUT2D eigenvalue weighted by atomic mass is 10.0. The molecule has 0 bridgehead atoms. The van der Waals surface area contributed by atoms with E-state index in [9.17, 15) is 0 Å². The summed E-state index contributed by atoms with van der Waals surface area (Å²) < 4.78 is 10.8. The van der Waals surface area contributed by atoms with Crippen molar-refractivity contribution >= 4 is 15.9 Å². The highest BCUT2D eigenvalue weighted by Crippen LogP contribution is 2.29. The Kier molecular flexibility index (Phi) is 6.77. The molecule has 0 heterocycles. The van der Waals surface area contributed by atoms with Crippen molar-refractivity contribution in [1.29, 1.82) is 0 Å². The van der Waals surface area contributed by atoms with Crippen molar-refractivity contribution in [2.45, 2.75) is 17.7 Å². The number of alkyl halides is 1. The summed E-state index contributed by atoms with van der Waals surface area (Å²) in [5, 5.41) is 0. The SMILES string of the molecule is COCCOc1ccccc1CCC(Br)c1ccccc1. The van der Waals surface area contributed by atoms with Gasteiger partial charge >= 0.3 is 0 Å². The molecule has 0 aliphatic rings. The topological polar surface area (TPSA) is 18.5 Å². The molecule has 0 spiro atoms. The Morgan fingerprint density at radius 1 is 0.952 bits per heavy atom. The first kappa shape index (κ1) is 16.1. The van der Waals surface area contributed by atoms with Gasteiger partial charge in [0.2, 0.25) is 0 Å². The quantitative estimate of drug-likeness (QED) is 0.504. The number of hydrogen-bond donors (Lipinski definition) is 0. The third kappa shape index (κ3) is 5.18. The molecule has 0 saturated heterocycles. The highest BCUT2D eigenvalue weighted by atomic mass is 79.9. The first-order valence-corrected chi connectivity index (χ1v) is 8.11. The van der Waals surface area contributed by atoms with Gasteiger partial charge < -0.3 is 9.47 Å². The van der Waals surface area contributed by atoms with Crippen LogP contribution in [-0.4, -0.2) is 20.3 Å². The molecule has 0 aromatic heterocycles. The van der Waals surface area contributed by atoms with E-state index in [0.29, 0.717) is 18.0 Å². The first-order chi connectivity index (χ1) is 10.3. The minimum Gasteiger partial charge on any atom is -0.491 e. The van der Waals surface area contributed by atoms with Crippen LogP contribution in [0.4, 0.5) is 0 Å². The molecule has 2 aromatic carbocycles. The largest absolute Gasteiger partial charge is 0.491 e. The van der Waals surface area contributed by atoms with Crippen LogP contribution in [0, 0.1) is 0 Å². The molecule has 3 heteroatoms. The average molecular weight is 349 g/mol. The smallest absolute Gasteiger partial charge is 0.122 e. The van der Waals surface area contributed by atoms with Gasteiger partial charge in [0.25, 0.3) is 0 Å². The van der Waals surface area contributed by atoms with Crippen molar-refractivity contribution in [2.24, 2.45) is 0 Å². The Bertz CT molecular complexity index is 528. The van der Waals surface area contributed by atoms with E-state index in [4.69, 9.17) is 9.47 Å². The monoisotopic (exact) mass is 348 g/mol. The van der Waals surface area contributed by atoms with E-state index in [1.807, 2.05) is 18.2 Å². The second-order valence-corrected chi connectivity index (χ2v) is 5.97. The Balaban J connectivity index is 1.93. The Labute approximate surface area is 135 Å². The van der Waals surface area contributed by atoms with Crippen LogP contribution in [0.1, 0.15) is 22.4 Å². The molecular formula is C18H21BrO2. The fourth-order valence-electron chi connectivity index (χ4n) is 2.20. The molecule has 1 atom stereocenters. The van der Waals surface area contributed by atoms with E-state index >= 15 is 0 Å². The molecular weight excluding hydrogens is 328 g/mol. The number of ether oxygens (including phenoxy) is 2. The first-order valence-electron chi connectivity index (χ1n) is 7.20. The summed E-state index contributed by atoms with van der Waals surface area (Å²) in [6, 6.07) is 18.7. The fourth-order valence-corrected chi connectivity index (χ4v) is 2.73. The van der Waals surface area contributed by atoms with Crippen LogP contribution in [0.15, 0.2) is 54.6 Å². The van der Waals surface area contributed by atoms with Gasteiger partial charge in [-0.3, -0.25) is 0 Å². The summed E-state index contributed by atoms with van der Waals surface area (Å²) in [6.07, 6.45) is 2.02. The van der Waals surface area contributed by atoms with E-state index in [1.54, 1.807) is 7.11 Å². The van der Waals surface area contributed by atoms with Crippen LogP contribution < -0.4 is 4.74 Å². The summed E-state index contributed by atoms with van der Waals surface area (Å²) in [6.45, 7) is 1.20. The molecule has 112 valence electrons. The zero-order valence-electron chi connectivity index (χ0n) is 12.3. The molecule has 0 N–H and O–H groups in total. The lowest BCUT2D eigenvalue weighted by Gasteiger charge is -2.13. The second kappa shape index (κ2) is 8.85. The standard InChI is InChI=1S/C18H21BrO2/c1-20-13-14-21-18-10-6-5-9-16(18)11-12-17(19)15-7-3-2-4-8-15/h2-10,17H,11-14H2,1H3. The maximum Gasteiger partial charge on any atom is 0.122 e. The summed E-state index contributed by atoms with van der Waals surface area (Å²) in [7, 11) is 1.69. The van der Waals surface area contributed by atoms with Gasteiger partial charge in [-0.15, -0.1) is 0 Å². The third-order valence-electron chi connectivity index (χ3n) is 3.35. The summed E-state index contributed by atoms with van der Waals surface area (Å²) >= 11 is 3.77. The molecule has 0 aliphatic carbocycles. The van der Waals surface area contributed by atoms with Gasteiger partial charge in [-0.05, 0) is 30.0 Å². The highest BCUT2D eigenvalue weighted by Gasteiger charge is 2.09. The van der Waals surface area contributed by atoms with Gasteiger partial charge in [-0.2, -0.15) is 0 Å². The molecule has 0 amide bonds. The number of benzene rings is 2. The summed E-state index contributed by atoms with van der Waals surface area (Å²) in [5.74, 6) is 0.960. The normalized spacial score (nSPS) is 12.1. The fraction of sp³-hybridized carbons (Fsp3) is 0.333. The summed E-state index contributed by atoms with van der Waals surface area (Å²) in [4.78, 5) is 0.366. The second-order valence-electron chi connectivity index (χ2n) is 4.87. The van der Waals surface area contributed by atoms with E-state index in [-0.39, 0.29) is 0 Å². The number of hydrogen-bond acceptors (Lipinski definition) is 2. The van der Waals surface area contributed by atoms with E-state index in [0.717, 1.165) is 18.6 Å². The van der Waals surface area contributed by atoms with Crippen LogP contribution in [-0.2, 0) is 11.2 Å². The highest BCUT2D eigenvalue weighted by molar-refractivity contribution is 9.09. The molecule has 2 aromatic rings. The lowest BCUT2D eigenvalue weighted by molar-refractivity contribution is 0.145. The average Bonchev–Trinajstić information content (AvgIpc) is 2.54. The van der Waals surface area contributed by atoms with Crippen molar-refractivity contribution in [3.8, 4) is 5.75 Å². The van der Waals surface area contributed by atoms with Crippen LogP contribution in [0.5, 0.6) is 5.75 Å². The molecule has 1 unspecified atom stereocenters. The predicted octanol–water partition coefficient (Wildman–Crippen LogP) is 4.78. The van der Waals surface area contributed by atoms with Crippen LogP contribution in [0.3, 0.4) is 0 Å². The van der Waals surface area contributed by atoms with Gasteiger partial charge in [-0.1, -0.05) is 64.5 Å². The van der Waals surface area contributed by atoms with Crippen molar-refractivity contribution in [3.63, 3.8) is 0 Å². The van der Waals surface area contributed by atoms with E-state index < -0.39 is 0 Å². The molecule has 0 saturated carbocycles. The maximum absolute atomic E-state index is 5.78. The van der Waals surface area contributed by atoms with Crippen molar-refractivity contribution in [1.82, 2.24) is 0 Å². The van der Waals surface area contributed by atoms with Crippen molar-refractivity contribution in [3.05, 3.63) is 65.7 Å². The minimum atomic E-state index is 0.366. The van der Waals surface area contributed by atoms with Crippen LogP contribution in [0.25, 0.3) is 0 Å². The third-order valence-corrected chi connectivity index (χ3v) is 4.33. The number of aryl methyl sites for hydroxylation is 1. The molecule has 2 nitrogen and oxygen atoms in total. The Morgan fingerprint density at radius 2 is 1.67 bits per heavy atom. The zero-order chi connectivity index (χ0) is 14.9. The molecule has 2 rings (SSSR count). The Hall–Kier alpha value is -1.32.